The fourth-order valence-electron chi connectivity index (χ4n) is 3.00. The Kier molecular flexibility index (Phi) is 9.02. The Hall–Kier alpha value is -3.02. The zero-order valence-electron chi connectivity index (χ0n) is 17.5. The van der Waals surface area contributed by atoms with Crippen molar-refractivity contribution in [3.8, 4) is 5.75 Å². The smallest absolute Gasteiger partial charge is 0.253 e. The molecule has 0 fully saturated rings. The number of para-hydroxylation sites is 2. The summed E-state index contributed by atoms with van der Waals surface area (Å²) in [5, 5.41) is 5.94. The first-order chi connectivity index (χ1) is 14.1. The maximum Gasteiger partial charge on any atom is 0.253 e. The van der Waals surface area contributed by atoms with E-state index in [4.69, 9.17) is 4.74 Å². The van der Waals surface area contributed by atoms with Crippen LogP contribution >= 0.6 is 0 Å². The second-order valence-corrected chi connectivity index (χ2v) is 6.70. The molecule has 0 spiro atoms. The van der Waals surface area contributed by atoms with E-state index in [1.165, 1.54) is 0 Å². The quantitative estimate of drug-likeness (QED) is 0.590. The van der Waals surface area contributed by atoms with Crippen molar-refractivity contribution in [2.45, 2.75) is 33.6 Å². The van der Waals surface area contributed by atoms with Crippen LogP contribution in [-0.4, -0.2) is 43.0 Å². The molecule has 0 saturated carbocycles. The van der Waals surface area contributed by atoms with Gasteiger partial charge < -0.3 is 20.3 Å². The van der Waals surface area contributed by atoms with Gasteiger partial charge in [-0.3, -0.25) is 9.59 Å². The van der Waals surface area contributed by atoms with E-state index in [9.17, 15) is 9.59 Å². The van der Waals surface area contributed by atoms with Crippen molar-refractivity contribution in [3.63, 3.8) is 0 Å². The third kappa shape index (κ3) is 6.82. The van der Waals surface area contributed by atoms with Gasteiger partial charge in [-0.2, -0.15) is 0 Å². The predicted molar refractivity (Wildman–Crippen MR) is 118 cm³/mol. The van der Waals surface area contributed by atoms with E-state index in [1.807, 2.05) is 48.2 Å². The van der Waals surface area contributed by atoms with Crippen molar-refractivity contribution in [1.29, 1.82) is 0 Å². The Bertz CT molecular complexity index is 784. The molecule has 2 N–H and O–H groups in total. The Labute approximate surface area is 173 Å². The molecular weight excluding hydrogens is 366 g/mol. The Morgan fingerprint density at radius 3 is 2.21 bits per heavy atom. The van der Waals surface area contributed by atoms with Crippen LogP contribution in [0.4, 0.5) is 11.4 Å². The summed E-state index contributed by atoms with van der Waals surface area (Å²) in [6.07, 6.45) is 1.87. The molecule has 2 rings (SSSR count). The highest BCUT2D eigenvalue weighted by Gasteiger charge is 2.14. The molecule has 0 aromatic heterocycles. The maximum absolute atomic E-state index is 12.6. The molecule has 0 aliphatic carbocycles. The van der Waals surface area contributed by atoms with Gasteiger partial charge in [0.15, 0.2) is 0 Å². The summed E-state index contributed by atoms with van der Waals surface area (Å²) in [5.74, 6) is 0.523. The van der Waals surface area contributed by atoms with Crippen LogP contribution in [0.5, 0.6) is 5.75 Å². The fourth-order valence-corrected chi connectivity index (χ4v) is 3.00. The normalized spacial score (nSPS) is 10.3. The molecule has 0 atom stereocenters. The largest absolute Gasteiger partial charge is 0.492 e. The molecule has 0 bridgehead atoms. The molecule has 156 valence electrons. The minimum Gasteiger partial charge on any atom is -0.492 e. The number of rotatable bonds is 11. The standard InChI is InChI=1S/C23H31N3O3/c1-4-15-26(16-5-2)23(28)18-11-13-19(14-12-18)24-17-22(27)25-20-9-7-8-10-21(20)29-6-3/h7-14,24H,4-6,15-17H2,1-3H3,(H,25,27). The average molecular weight is 398 g/mol. The number of anilines is 2. The number of carbonyl (C=O) groups excluding carboxylic acids is 2. The second kappa shape index (κ2) is 11.7. The predicted octanol–water partition coefficient (Wildman–Crippen LogP) is 4.40. The molecule has 2 aromatic carbocycles. The molecule has 6 heteroatoms. The van der Waals surface area contributed by atoms with Crippen molar-refractivity contribution < 1.29 is 14.3 Å². The van der Waals surface area contributed by atoms with Gasteiger partial charge in [0, 0.05) is 24.3 Å². The van der Waals surface area contributed by atoms with Crippen molar-refractivity contribution in [2.24, 2.45) is 0 Å². The fraction of sp³-hybridized carbons (Fsp3) is 0.391. The van der Waals surface area contributed by atoms with E-state index in [0.29, 0.717) is 23.6 Å². The molecule has 6 nitrogen and oxygen atoms in total. The van der Waals surface area contributed by atoms with Gasteiger partial charge in [-0.1, -0.05) is 26.0 Å². The molecule has 0 aliphatic heterocycles. The van der Waals surface area contributed by atoms with Crippen LogP contribution in [0.2, 0.25) is 0 Å². The molecule has 29 heavy (non-hydrogen) atoms. The molecule has 0 saturated heterocycles. The molecule has 0 heterocycles. The molecule has 0 radical (unpaired) electrons. The number of ether oxygens (including phenoxy) is 1. The van der Waals surface area contributed by atoms with E-state index in [-0.39, 0.29) is 18.4 Å². The number of carbonyl (C=O) groups is 2. The highest BCUT2D eigenvalue weighted by molar-refractivity contribution is 5.96. The number of nitrogens with zero attached hydrogens (tertiary/aromatic N) is 1. The zero-order chi connectivity index (χ0) is 21.1. The number of nitrogens with one attached hydrogen (secondary N) is 2. The summed E-state index contributed by atoms with van der Waals surface area (Å²) < 4.78 is 5.52. The van der Waals surface area contributed by atoms with Crippen molar-refractivity contribution >= 4 is 23.2 Å². The van der Waals surface area contributed by atoms with E-state index in [1.54, 1.807) is 12.1 Å². The Balaban J connectivity index is 1.91. The summed E-state index contributed by atoms with van der Waals surface area (Å²) in [7, 11) is 0. The van der Waals surface area contributed by atoms with Crippen LogP contribution in [0.3, 0.4) is 0 Å². The summed E-state index contributed by atoms with van der Waals surface area (Å²) >= 11 is 0. The molecular formula is C23H31N3O3. The first-order valence-corrected chi connectivity index (χ1v) is 10.2. The van der Waals surface area contributed by atoms with E-state index in [2.05, 4.69) is 24.5 Å². The Morgan fingerprint density at radius 1 is 0.931 bits per heavy atom. The van der Waals surface area contributed by atoms with Gasteiger partial charge in [0.25, 0.3) is 5.91 Å². The highest BCUT2D eigenvalue weighted by Crippen LogP contribution is 2.23. The van der Waals surface area contributed by atoms with Gasteiger partial charge in [0.05, 0.1) is 18.8 Å². The lowest BCUT2D eigenvalue weighted by Gasteiger charge is -2.21. The number of hydrogen-bond acceptors (Lipinski definition) is 4. The van der Waals surface area contributed by atoms with Gasteiger partial charge >= 0.3 is 0 Å². The van der Waals surface area contributed by atoms with Crippen LogP contribution in [0.15, 0.2) is 48.5 Å². The zero-order valence-corrected chi connectivity index (χ0v) is 17.5. The van der Waals surface area contributed by atoms with Crippen molar-refractivity contribution in [2.75, 3.05) is 36.9 Å². The van der Waals surface area contributed by atoms with Gasteiger partial charge in [0.1, 0.15) is 5.75 Å². The van der Waals surface area contributed by atoms with Gasteiger partial charge in [-0.15, -0.1) is 0 Å². The van der Waals surface area contributed by atoms with Gasteiger partial charge in [-0.05, 0) is 56.2 Å². The SMILES string of the molecule is CCCN(CCC)C(=O)c1ccc(NCC(=O)Nc2ccccc2OCC)cc1. The summed E-state index contributed by atoms with van der Waals surface area (Å²) in [4.78, 5) is 26.8. The third-order valence-electron chi connectivity index (χ3n) is 4.32. The lowest BCUT2D eigenvalue weighted by Crippen LogP contribution is -2.32. The number of amides is 2. The van der Waals surface area contributed by atoms with Crippen LogP contribution in [0.1, 0.15) is 44.0 Å². The topological polar surface area (TPSA) is 70.7 Å². The minimum atomic E-state index is -0.172. The molecule has 2 amide bonds. The molecule has 0 aliphatic rings. The van der Waals surface area contributed by atoms with Gasteiger partial charge in [-0.25, -0.2) is 0 Å². The van der Waals surface area contributed by atoms with E-state index < -0.39 is 0 Å². The first-order valence-electron chi connectivity index (χ1n) is 10.2. The first kappa shape index (κ1) is 22.3. The lowest BCUT2D eigenvalue weighted by molar-refractivity contribution is -0.114. The van der Waals surface area contributed by atoms with Crippen LogP contribution in [-0.2, 0) is 4.79 Å². The summed E-state index contributed by atoms with van der Waals surface area (Å²) in [5.41, 5.74) is 2.09. The monoisotopic (exact) mass is 397 g/mol. The van der Waals surface area contributed by atoms with E-state index in [0.717, 1.165) is 31.6 Å². The lowest BCUT2D eigenvalue weighted by atomic mass is 10.1. The van der Waals surface area contributed by atoms with Crippen molar-refractivity contribution in [1.82, 2.24) is 4.90 Å². The summed E-state index contributed by atoms with van der Waals surface area (Å²) in [6.45, 7) is 8.21. The second-order valence-electron chi connectivity index (χ2n) is 6.70. The molecule has 0 unspecified atom stereocenters. The van der Waals surface area contributed by atoms with Crippen LogP contribution < -0.4 is 15.4 Å². The Morgan fingerprint density at radius 2 is 1.59 bits per heavy atom. The van der Waals surface area contributed by atoms with Crippen molar-refractivity contribution in [3.05, 3.63) is 54.1 Å². The van der Waals surface area contributed by atoms with Gasteiger partial charge in [0.2, 0.25) is 5.91 Å². The third-order valence-corrected chi connectivity index (χ3v) is 4.32. The number of hydrogen-bond donors (Lipinski definition) is 2. The van der Waals surface area contributed by atoms with E-state index >= 15 is 0 Å². The average Bonchev–Trinajstić information content (AvgIpc) is 2.73. The number of benzene rings is 2. The molecule has 2 aromatic rings. The van der Waals surface area contributed by atoms with Crippen LogP contribution in [0, 0.1) is 0 Å². The maximum atomic E-state index is 12.6. The highest BCUT2D eigenvalue weighted by atomic mass is 16.5. The minimum absolute atomic E-state index is 0.0468. The van der Waals surface area contributed by atoms with Crippen LogP contribution in [0.25, 0.3) is 0 Å². The summed E-state index contributed by atoms with van der Waals surface area (Å²) in [6, 6.07) is 14.6.